The van der Waals surface area contributed by atoms with Crippen molar-refractivity contribution in [3.63, 3.8) is 0 Å². The number of carbonyl (C=O) groups is 1. The summed E-state index contributed by atoms with van der Waals surface area (Å²) in [4.78, 5) is 22.5. The summed E-state index contributed by atoms with van der Waals surface area (Å²) in [6.45, 7) is 12.4. The number of amides is 1. The third-order valence-corrected chi connectivity index (χ3v) is 6.59. The first-order chi connectivity index (χ1) is 15.0. The van der Waals surface area contributed by atoms with Crippen molar-refractivity contribution in [2.24, 2.45) is 4.99 Å². The SMILES string of the molecule is CCN1C(=O)/C(=C\c2cc(C)n(C(C)C)c2)SC1=Nc1ccc(N2CCOCC2)cc1. The maximum absolute atomic E-state index is 13.0. The third kappa shape index (κ3) is 4.72. The van der Waals surface area contributed by atoms with Gasteiger partial charge in [0.1, 0.15) is 0 Å². The summed E-state index contributed by atoms with van der Waals surface area (Å²) in [5, 5.41) is 0.734. The van der Waals surface area contributed by atoms with Gasteiger partial charge >= 0.3 is 0 Å². The highest BCUT2D eigenvalue weighted by Gasteiger charge is 2.32. The molecule has 0 bridgehead atoms. The largest absolute Gasteiger partial charge is 0.378 e. The van der Waals surface area contributed by atoms with Crippen LogP contribution < -0.4 is 4.90 Å². The summed E-state index contributed by atoms with van der Waals surface area (Å²) >= 11 is 1.45. The molecule has 0 unspecified atom stereocenters. The zero-order valence-electron chi connectivity index (χ0n) is 18.7. The molecule has 0 aliphatic carbocycles. The number of likely N-dealkylation sites (N-methyl/N-ethyl adjacent to an activating group) is 1. The molecule has 0 spiro atoms. The Balaban J connectivity index is 1.55. The van der Waals surface area contributed by atoms with Gasteiger partial charge in [0.2, 0.25) is 0 Å². The van der Waals surface area contributed by atoms with Crippen molar-refractivity contribution in [1.82, 2.24) is 9.47 Å². The van der Waals surface area contributed by atoms with Crippen molar-refractivity contribution in [2.45, 2.75) is 33.7 Å². The van der Waals surface area contributed by atoms with E-state index in [1.54, 1.807) is 4.90 Å². The molecule has 4 rings (SSSR count). The molecule has 2 saturated heterocycles. The molecule has 0 N–H and O–H groups in total. The summed E-state index contributed by atoms with van der Waals surface area (Å²) in [7, 11) is 0. The fraction of sp³-hybridized carbons (Fsp3) is 0.417. The number of thioether (sulfide) groups is 1. The number of aliphatic imine (C=N–C) groups is 1. The van der Waals surface area contributed by atoms with Crippen molar-refractivity contribution in [3.05, 3.63) is 52.7 Å². The minimum absolute atomic E-state index is 0.0196. The highest BCUT2D eigenvalue weighted by atomic mass is 32.2. The lowest BCUT2D eigenvalue weighted by atomic mass is 10.2. The Morgan fingerprint density at radius 2 is 1.90 bits per heavy atom. The van der Waals surface area contributed by atoms with E-state index in [1.165, 1.54) is 23.1 Å². The number of benzene rings is 1. The van der Waals surface area contributed by atoms with Crippen LogP contribution in [0.1, 0.15) is 38.1 Å². The number of morpholine rings is 1. The summed E-state index contributed by atoms with van der Waals surface area (Å²) in [5.41, 5.74) is 4.28. The topological polar surface area (TPSA) is 50.1 Å². The Kier molecular flexibility index (Phi) is 6.53. The maximum Gasteiger partial charge on any atom is 0.266 e. The molecule has 0 atom stereocenters. The van der Waals surface area contributed by atoms with Crippen molar-refractivity contribution in [1.29, 1.82) is 0 Å². The number of aromatic nitrogens is 1. The van der Waals surface area contributed by atoms with E-state index in [2.05, 4.69) is 54.6 Å². The first-order valence-electron chi connectivity index (χ1n) is 10.9. The Hall–Kier alpha value is -2.51. The molecular formula is C24H30N4O2S. The van der Waals surface area contributed by atoms with Crippen molar-refractivity contribution < 1.29 is 9.53 Å². The molecule has 0 radical (unpaired) electrons. The van der Waals surface area contributed by atoms with Gasteiger partial charge < -0.3 is 14.2 Å². The zero-order chi connectivity index (χ0) is 22.0. The molecule has 2 aromatic rings. The predicted octanol–water partition coefficient (Wildman–Crippen LogP) is 4.84. The van der Waals surface area contributed by atoms with E-state index in [0.29, 0.717) is 17.5 Å². The fourth-order valence-corrected chi connectivity index (χ4v) is 5.00. The quantitative estimate of drug-likeness (QED) is 0.627. The lowest BCUT2D eigenvalue weighted by molar-refractivity contribution is -0.122. The van der Waals surface area contributed by atoms with E-state index in [0.717, 1.165) is 42.7 Å². The molecule has 164 valence electrons. The van der Waals surface area contributed by atoms with Crippen LogP contribution in [0.25, 0.3) is 6.08 Å². The van der Waals surface area contributed by atoms with Gasteiger partial charge in [0.05, 0.1) is 23.8 Å². The van der Waals surface area contributed by atoms with E-state index < -0.39 is 0 Å². The number of aryl methyl sites for hydroxylation is 1. The first kappa shape index (κ1) is 21.7. The van der Waals surface area contributed by atoms with Crippen molar-refractivity contribution >= 4 is 40.3 Å². The standard InChI is InChI=1S/C24H30N4O2S/c1-5-27-23(29)22(15-19-14-18(4)28(16-19)17(2)3)31-24(27)25-20-6-8-21(9-7-20)26-10-12-30-13-11-26/h6-9,14-17H,5,10-13H2,1-4H3/b22-15+,25-24?. The van der Waals surface area contributed by atoms with Gasteiger partial charge in [-0.3, -0.25) is 9.69 Å². The summed E-state index contributed by atoms with van der Waals surface area (Å²) in [6.07, 6.45) is 4.09. The second-order valence-electron chi connectivity index (χ2n) is 8.09. The molecule has 1 aromatic carbocycles. The Labute approximate surface area is 188 Å². The summed E-state index contributed by atoms with van der Waals surface area (Å²) in [5.74, 6) is 0.0196. The average molecular weight is 439 g/mol. The van der Waals surface area contributed by atoms with Gasteiger partial charge in [0.15, 0.2) is 5.17 Å². The lowest BCUT2D eigenvalue weighted by Gasteiger charge is -2.28. The number of rotatable bonds is 5. The third-order valence-electron chi connectivity index (χ3n) is 5.58. The van der Waals surface area contributed by atoms with Crippen molar-refractivity contribution in [3.8, 4) is 0 Å². The minimum atomic E-state index is 0.0196. The smallest absolute Gasteiger partial charge is 0.266 e. The number of carbonyl (C=O) groups excluding carboxylic acids is 1. The highest BCUT2D eigenvalue weighted by molar-refractivity contribution is 8.18. The van der Waals surface area contributed by atoms with Gasteiger partial charge in [-0.25, -0.2) is 4.99 Å². The summed E-state index contributed by atoms with van der Waals surface area (Å²) < 4.78 is 7.65. The molecule has 2 aliphatic rings. The van der Waals surface area contributed by atoms with Gasteiger partial charge in [-0.05, 0) is 81.4 Å². The van der Waals surface area contributed by atoms with Gasteiger partial charge in [0.25, 0.3) is 5.91 Å². The van der Waals surface area contributed by atoms with Crippen LogP contribution in [0.2, 0.25) is 0 Å². The second kappa shape index (κ2) is 9.32. The van der Waals surface area contributed by atoms with Crippen LogP contribution in [0, 0.1) is 6.92 Å². The second-order valence-corrected chi connectivity index (χ2v) is 9.10. The van der Waals surface area contributed by atoms with E-state index in [-0.39, 0.29) is 5.91 Å². The molecule has 2 fully saturated rings. The molecule has 2 aliphatic heterocycles. The first-order valence-corrected chi connectivity index (χ1v) is 11.7. The van der Waals surface area contributed by atoms with Crippen LogP contribution >= 0.6 is 11.8 Å². The average Bonchev–Trinajstić information content (AvgIpc) is 3.28. The fourth-order valence-electron chi connectivity index (χ4n) is 3.94. The predicted molar refractivity (Wildman–Crippen MR) is 129 cm³/mol. The van der Waals surface area contributed by atoms with Crippen molar-refractivity contribution in [2.75, 3.05) is 37.7 Å². The van der Waals surface area contributed by atoms with Crippen LogP contribution in [0.4, 0.5) is 11.4 Å². The molecule has 3 heterocycles. The Morgan fingerprint density at radius 3 is 2.52 bits per heavy atom. The number of ether oxygens (including phenoxy) is 1. The van der Waals surface area contributed by atoms with E-state index in [9.17, 15) is 4.79 Å². The van der Waals surface area contributed by atoms with E-state index in [4.69, 9.17) is 9.73 Å². The molecule has 31 heavy (non-hydrogen) atoms. The molecule has 7 heteroatoms. The summed E-state index contributed by atoms with van der Waals surface area (Å²) in [6, 6.07) is 10.7. The number of nitrogens with zero attached hydrogens (tertiary/aromatic N) is 4. The van der Waals surface area contributed by atoms with Crippen LogP contribution in [-0.2, 0) is 9.53 Å². The molecule has 1 aromatic heterocycles. The van der Waals surface area contributed by atoms with Crippen LogP contribution in [-0.4, -0.2) is 53.4 Å². The molecule has 6 nitrogen and oxygen atoms in total. The normalized spacial score (nSPS) is 20.0. The number of amidine groups is 1. The van der Waals surface area contributed by atoms with Gasteiger partial charge in [-0.15, -0.1) is 0 Å². The number of hydrogen-bond acceptors (Lipinski definition) is 5. The number of anilines is 1. The van der Waals surface area contributed by atoms with Crippen LogP contribution in [0.15, 0.2) is 46.4 Å². The molecular weight excluding hydrogens is 408 g/mol. The highest BCUT2D eigenvalue weighted by Crippen LogP contribution is 2.34. The van der Waals surface area contributed by atoms with Gasteiger partial charge in [-0.2, -0.15) is 0 Å². The maximum atomic E-state index is 13.0. The monoisotopic (exact) mass is 438 g/mol. The number of hydrogen-bond donors (Lipinski definition) is 0. The van der Waals surface area contributed by atoms with Gasteiger partial charge in [-0.1, -0.05) is 0 Å². The van der Waals surface area contributed by atoms with Gasteiger partial charge in [0, 0.05) is 43.3 Å². The Bertz CT molecular complexity index is 1000. The minimum Gasteiger partial charge on any atom is -0.378 e. The molecule has 0 saturated carbocycles. The lowest BCUT2D eigenvalue weighted by Crippen LogP contribution is -2.36. The zero-order valence-corrected chi connectivity index (χ0v) is 19.5. The molecule has 1 amide bonds. The van der Waals surface area contributed by atoms with Crippen LogP contribution in [0.5, 0.6) is 0 Å². The van der Waals surface area contributed by atoms with E-state index >= 15 is 0 Å². The Morgan fingerprint density at radius 1 is 1.19 bits per heavy atom. The van der Waals surface area contributed by atoms with Crippen LogP contribution in [0.3, 0.4) is 0 Å². The van der Waals surface area contributed by atoms with E-state index in [1.807, 2.05) is 25.1 Å².